The van der Waals surface area contributed by atoms with E-state index in [1.807, 2.05) is 6.07 Å². The van der Waals surface area contributed by atoms with E-state index in [0.29, 0.717) is 11.8 Å². The Morgan fingerprint density at radius 1 is 1.33 bits per heavy atom. The number of hydrogen-bond donors (Lipinski definition) is 0. The van der Waals surface area contributed by atoms with Crippen molar-refractivity contribution in [3.8, 4) is 11.8 Å². The van der Waals surface area contributed by atoms with Gasteiger partial charge in [0.05, 0.1) is 4.88 Å². The minimum atomic E-state index is -0.166. The zero-order chi connectivity index (χ0) is 10.3. The number of rotatable bonds is 0. The van der Waals surface area contributed by atoms with E-state index in [1.54, 1.807) is 11.3 Å². The van der Waals surface area contributed by atoms with Gasteiger partial charge in [0, 0.05) is 0 Å². The molecule has 0 N–H and O–H groups in total. The summed E-state index contributed by atoms with van der Waals surface area (Å²) in [7, 11) is 0. The molecule has 0 amide bonds. The van der Waals surface area contributed by atoms with Crippen molar-refractivity contribution in [3.05, 3.63) is 22.4 Å². The summed E-state index contributed by atoms with van der Waals surface area (Å²) in [5, 5.41) is 2.06. The first kappa shape index (κ1) is 9.75. The van der Waals surface area contributed by atoms with Crippen molar-refractivity contribution in [1.82, 2.24) is 0 Å². The smallest absolute Gasteiger partial charge is 0.112 e. The van der Waals surface area contributed by atoms with E-state index in [2.05, 4.69) is 23.3 Å². The van der Waals surface area contributed by atoms with Gasteiger partial charge in [-0.3, -0.25) is 0 Å². The van der Waals surface area contributed by atoms with Crippen LogP contribution in [0.5, 0.6) is 0 Å². The molecule has 0 saturated heterocycles. The average Bonchev–Trinajstić information content (AvgIpc) is 2.70. The Balaban J connectivity index is 1.79. The Bertz CT molecular complexity index is 397. The van der Waals surface area contributed by atoms with Gasteiger partial charge in [-0.2, -0.15) is 0 Å². The van der Waals surface area contributed by atoms with Crippen molar-refractivity contribution in [2.75, 3.05) is 0 Å². The number of alkyl halides is 1. The summed E-state index contributed by atoms with van der Waals surface area (Å²) in [5.41, 5.74) is 0. The maximum Gasteiger partial charge on any atom is 0.112 e. The predicted octanol–water partition coefficient (Wildman–Crippen LogP) is 3.90. The first-order valence-corrected chi connectivity index (χ1v) is 6.82. The minimum absolute atomic E-state index is 0.166. The summed E-state index contributed by atoms with van der Waals surface area (Å²) in [6.07, 6.45) is 5.26. The van der Waals surface area contributed by atoms with E-state index in [1.165, 1.54) is 25.7 Å². The van der Waals surface area contributed by atoms with Gasteiger partial charge < -0.3 is 0 Å². The standard InChI is InChI=1S/C13H13ClS/c14-13(8-7-10-4-3-9-15-10)11-5-1-2-6-12(11)13/h3-4,9,11-12H,1-2,5-6H2. The molecule has 15 heavy (non-hydrogen) atoms. The van der Waals surface area contributed by atoms with Crippen LogP contribution in [0.3, 0.4) is 0 Å². The average molecular weight is 237 g/mol. The van der Waals surface area contributed by atoms with Crippen molar-refractivity contribution in [2.24, 2.45) is 11.8 Å². The summed E-state index contributed by atoms with van der Waals surface area (Å²) >= 11 is 8.26. The Morgan fingerprint density at radius 3 is 2.67 bits per heavy atom. The molecule has 0 aliphatic heterocycles. The van der Waals surface area contributed by atoms with Crippen LogP contribution in [-0.2, 0) is 0 Å². The van der Waals surface area contributed by atoms with Crippen molar-refractivity contribution >= 4 is 22.9 Å². The molecule has 1 heterocycles. The summed E-state index contributed by atoms with van der Waals surface area (Å²) in [4.78, 5) is 0.971. The molecular weight excluding hydrogens is 224 g/mol. The van der Waals surface area contributed by atoms with Gasteiger partial charge in [0.1, 0.15) is 4.87 Å². The monoisotopic (exact) mass is 236 g/mol. The fraction of sp³-hybridized carbons (Fsp3) is 0.538. The largest absolute Gasteiger partial charge is 0.135 e. The third-order valence-electron chi connectivity index (χ3n) is 3.63. The van der Waals surface area contributed by atoms with Crippen LogP contribution in [0.1, 0.15) is 30.6 Å². The van der Waals surface area contributed by atoms with E-state index >= 15 is 0 Å². The maximum atomic E-state index is 6.56. The molecule has 78 valence electrons. The van der Waals surface area contributed by atoms with Crippen LogP contribution in [0.15, 0.2) is 17.5 Å². The highest BCUT2D eigenvalue weighted by Crippen LogP contribution is 2.62. The second kappa shape index (κ2) is 3.54. The molecular formula is C13H13ClS. The van der Waals surface area contributed by atoms with E-state index in [0.717, 1.165) is 4.88 Å². The van der Waals surface area contributed by atoms with Gasteiger partial charge in [0.2, 0.25) is 0 Å². The molecule has 0 radical (unpaired) electrons. The molecule has 0 bridgehead atoms. The molecule has 2 atom stereocenters. The molecule has 0 spiro atoms. The quantitative estimate of drug-likeness (QED) is 0.474. The van der Waals surface area contributed by atoms with Gasteiger partial charge in [-0.25, -0.2) is 0 Å². The van der Waals surface area contributed by atoms with Crippen LogP contribution >= 0.6 is 22.9 Å². The highest BCUT2D eigenvalue weighted by Gasteiger charge is 2.63. The molecule has 2 fully saturated rings. The first-order chi connectivity index (χ1) is 7.31. The Kier molecular flexibility index (Phi) is 2.30. The van der Waals surface area contributed by atoms with Gasteiger partial charge in [0.15, 0.2) is 0 Å². The molecule has 2 saturated carbocycles. The van der Waals surface area contributed by atoms with Gasteiger partial charge in [-0.05, 0) is 36.1 Å². The number of fused-ring (bicyclic) bond motifs is 1. The first-order valence-electron chi connectivity index (χ1n) is 5.56. The summed E-state index contributed by atoms with van der Waals surface area (Å²) in [6.45, 7) is 0. The highest BCUT2D eigenvalue weighted by atomic mass is 35.5. The lowest BCUT2D eigenvalue weighted by Gasteiger charge is -2.03. The minimum Gasteiger partial charge on any atom is -0.135 e. The van der Waals surface area contributed by atoms with Crippen LogP contribution in [0.25, 0.3) is 0 Å². The number of halogens is 1. The molecule has 3 rings (SSSR count). The Hall–Kier alpha value is -0.450. The van der Waals surface area contributed by atoms with E-state index < -0.39 is 0 Å². The van der Waals surface area contributed by atoms with Crippen LogP contribution in [0.2, 0.25) is 0 Å². The molecule has 0 nitrogen and oxygen atoms in total. The third kappa shape index (κ3) is 1.61. The van der Waals surface area contributed by atoms with Crippen LogP contribution in [0, 0.1) is 23.7 Å². The van der Waals surface area contributed by atoms with Crippen LogP contribution < -0.4 is 0 Å². The van der Waals surface area contributed by atoms with Crippen LogP contribution in [0.4, 0.5) is 0 Å². The molecule has 2 unspecified atom stereocenters. The predicted molar refractivity (Wildman–Crippen MR) is 65.2 cm³/mol. The molecule has 1 aromatic heterocycles. The van der Waals surface area contributed by atoms with E-state index in [4.69, 9.17) is 11.6 Å². The summed E-state index contributed by atoms with van der Waals surface area (Å²) in [6, 6.07) is 4.10. The van der Waals surface area contributed by atoms with Crippen molar-refractivity contribution in [3.63, 3.8) is 0 Å². The number of thiophene rings is 1. The summed E-state index contributed by atoms with van der Waals surface area (Å²) < 4.78 is 0. The zero-order valence-corrected chi connectivity index (χ0v) is 10.1. The lowest BCUT2D eigenvalue weighted by molar-refractivity contribution is 0.480. The second-order valence-electron chi connectivity index (χ2n) is 4.49. The van der Waals surface area contributed by atoms with E-state index in [9.17, 15) is 0 Å². The SMILES string of the molecule is ClC1(C#Cc2cccs2)C2CCCCC21. The molecule has 2 heteroatoms. The highest BCUT2D eigenvalue weighted by molar-refractivity contribution is 7.10. The lowest BCUT2D eigenvalue weighted by Crippen LogP contribution is -1.98. The Labute approximate surface area is 99.6 Å². The van der Waals surface area contributed by atoms with E-state index in [-0.39, 0.29) is 4.87 Å². The van der Waals surface area contributed by atoms with Crippen LogP contribution in [-0.4, -0.2) is 4.87 Å². The van der Waals surface area contributed by atoms with Gasteiger partial charge >= 0.3 is 0 Å². The van der Waals surface area contributed by atoms with Crippen molar-refractivity contribution in [2.45, 2.75) is 30.6 Å². The maximum absolute atomic E-state index is 6.56. The lowest BCUT2D eigenvalue weighted by atomic mass is 10.0. The molecule has 2 aliphatic carbocycles. The van der Waals surface area contributed by atoms with Crippen molar-refractivity contribution in [1.29, 1.82) is 0 Å². The third-order valence-corrected chi connectivity index (χ3v) is 5.07. The van der Waals surface area contributed by atoms with Gasteiger partial charge in [-0.15, -0.1) is 22.9 Å². The van der Waals surface area contributed by atoms with Gasteiger partial charge in [-0.1, -0.05) is 30.7 Å². The fourth-order valence-electron chi connectivity index (χ4n) is 2.74. The molecule has 1 aromatic rings. The van der Waals surface area contributed by atoms with Gasteiger partial charge in [0.25, 0.3) is 0 Å². The topological polar surface area (TPSA) is 0 Å². The number of hydrogen-bond acceptors (Lipinski definition) is 1. The zero-order valence-electron chi connectivity index (χ0n) is 8.50. The fourth-order valence-corrected chi connectivity index (χ4v) is 3.82. The summed E-state index contributed by atoms with van der Waals surface area (Å²) in [5.74, 6) is 7.89. The normalized spacial score (nSPS) is 37.7. The molecule has 0 aromatic carbocycles. The van der Waals surface area contributed by atoms with Crippen molar-refractivity contribution < 1.29 is 0 Å². The Morgan fingerprint density at radius 2 is 2.07 bits per heavy atom. The molecule has 2 aliphatic rings. The second-order valence-corrected chi connectivity index (χ2v) is 6.07.